The van der Waals surface area contributed by atoms with Crippen LogP contribution in [0, 0.1) is 6.92 Å². The summed E-state index contributed by atoms with van der Waals surface area (Å²) in [4.78, 5) is 4.43. The lowest BCUT2D eigenvalue weighted by Gasteiger charge is -2.19. The fourth-order valence-electron chi connectivity index (χ4n) is 1.49. The van der Waals surface area contributed by atoms with Crippen LogP contribution in [0.5, 0.6) is 0 Å². The van der Waals surface area contributed by atoms with E-state index in [4.69, 9.17) is 10.8 Å². The number of aryl methyl sites for hydroxylation is 1. The van der Waals surface area contributed by atoms with E-state index in [1.165, 1.54) is 0 Å². The molecule has 0 saturated carbocycles. The van der Waals surface area contributed by atoms with Gasteiger partial charge in [-0.15, -0.1) is 11.3 Å². The average molecular weight is 214 g/mol. The second-order valence-electron chi connectivity index (χ2n) is 3.52. The second-order valence-corrected chi connectivity index (χ2v) is 4.41. The number of rotatable bonds is 5. The highest BCUT2D eigenvalue weighted by Crippen LogP contribution is 2.26. The normalized spacial score (nSPS) is 15.4. The molecule has 0 radical (unpaired) electrons. The minimum absolute atomic E-state index is 0.104. The van der Waals surface area contributed by atoms with Gasteiger partial charge in [-0.3, -0.25) is 0 Å². The van der Waals surface area contributed by atoms with Gasteiger partial charge in [-0.1, -0.05) is 6.92 Å². The van der Waals surface area contributed by atoms with E-state index in [1.54, 1.807) is 11.3 Å². The van der Waals surface area contributed by atoms with E-state index in [9.17, 15) is 0 Å². The summed E-state index contributed by atoms with van der Waals surface area (Å²) in [6.45, 7) is 4.22. The number of aromatic nitrogens is 1. The highest BCUT2D eigenvalue weighted by atomic mass is 32.1. The molecule has 0 aromatic carbocycles. The number of aliphatic hydroxyl groups excluding tert-OH is 1. The van der Waals surface area contributed by atoms with E-state index >= 15 is 0 Å². The zero-order valence-electron chi connectivity index (χ0n) is 8.73. The van der Waals surface area contributed by atoms with Gasteiger partial charge < -0.3 is 10.8 Å². The molecule has 0 bridgehead atoms. The minimum atomic E-state index is 0.104. The largest absolute Gasteiger partial charge is 0.396 e. The summed E-state index contributed by atoms with van der Waals surface area (Å²) < 4.78 is 0. The van der Waals surface area contributed by atoms with Crippen molar-refractivity contribution >= 4 is 11.3 Å². The molecule has 2 atom stereocenters. The van der Waals surface area contributed by atoms with Crippen molar-refractivity contribution in [3.05, 3.63) is 16.1 Å². The van der Waals surface area contributed by atoms with Crippen molar-refractivity contribution < 1.29 is 5.11 Å². The fraction of sp³-hybridized carbons (Fsp3) is 0.700. The Balaban J connectivity index is 2.76. The van der Waals surface area contributed by atoms with Crippen LogP contribution in [0.3, 0.4) is 0 Å². The van der Waals surface area contributed by atoms with E-state index in [0.29, 0.717) is 6.42 Å². The molecule has 0 saturated heterocycles. The van der Waals surface area contributed by atoms with Gasteiger partial charge >= 0.3 is 0 Å². The standard InChI is InChI=1S/C10H18N2OS/c1-3-9(11)8(4-5-13)10-12-7(2)6-14-10/h6,8-9,13H,3-5,11H2,1-2H3. The van der Waals surface area contributed by atoms with Gasteiger partial charge in [-0.25, -0.2) is 4.98 Å². The first kappa shape index (κ1) is 11.6. The molecule has 0 amide bonds. The number of aliphatic hydroxyl groups is 1. The van der Waals surface area contributed by atoms with Crippen molar-refractivity contribution in [3.63, 3.8) is 0 Å². The van der Waals surface area contributed by atoms with Crippen molar-refractivity contribution in [2.24, 2.45) is 5.73 Å². The van der Waals surface area contributed by atoms with Crippen LogP contribution in [0.4, 0.5) is 0 Å². The highest BCUT2D eigenvalue weighted by molar-refractivity contribution is 7.09. The monoisotopic (exact) mass is 214 g/mol. The molecule has 1 heterocycles. The maximum absolute atomic E-state index is 8.97. The number of nitrogens with zero attached hydrogens (tertiary/aromatic N) is 1. The molecule has 4 heteroatoms. The van der Waals surface area contributed by atoms with E-state index < -0.39 is 0 Å². The molecular weight excluding hydrogens is 196 g/mol. The molecule has 2 unspecified atom stereocenters. The molecule has 0 aliphatic rings. The van der Waals surface area contributed by atoms with E-state index in [-0.39, 0.29) is 18.6 Å². The summed E-state index contributed by atoms with van der Waals surface area (Å²) >= 11 is 1.64. The molecular formula is C10H18N2OS. The summed E-state index contributed by atoms with van der Waals surface area (Å²) in [6, 6.07) is 0.104. The zero-order valence-corrected chi connectivity index (χ0v) is 9.55. The lowest BCUT2D eigenvalue weighted by molar-refractivity contribution is 0.266. The van der Waals surface area contributed by atoms with Crippen LogP contribution < -0.4 is 5.73 Å². The predicted octanol–water partition coefficient (Wildman–Crippen LogP) is 1.65. The Bertz CT molecular complexity index is 275. The highest BCUT2D eigenvalue weighted by Gasteiger charge is 2.20. The van der Waals surface area contributed by atoms with E-state index in [0.717, 1.165) is 17.1 Å². The SMILES string of the molecule is CCC(N)C(CCO)c1nc(C)cs1. The van der Waals surface area contributed by atoms with Gasteiger partial charge in [-0.05, 0) is 19.8 Å². The zero-order chi connectivity index (χ0) is 10.6. The maximum atomic E-state index is 8.97. The molecule has 0 aliphatic heterocycles. The smallest absolute Gasteiger partial charge is 0.0975 e. The molecule has 1 aromatic heterocycles. The molecule has 0 spiro atoms. The summed E-state index contributed by atoms with van der Waals surface area (Å²) in [7, 11) is 0. The Morgan fingerprint density at radius 3 is 2.79 bits per heavy atom. The van der Waals surface area contributed by atoms with E-state index in [2.05, 4.69) is 11.9 Å². The van der Waals surface area contributed by atoms with Gasteiger partial charge in [0, 0.05) is 29.6 Å². The van der Waals surface area contributed by atoms with Crippen molar-refractivity contribution in [3.8, 4) is 0 Å². The number of thiazole rings is 1. The Hall–Kier alpha value is -0.450. The van der Waals surface area contributed by atoms with Gasteiger partial charge in [0.25, 0.3) is 0 Å². The second kappa shape index (κ2) is 5.44. The Labute approximate surface area is 89.0 Å². The van der Waals surface area contributed by atoms with Crippen LogP contribution in [0.1, 0.15) is 36.4 Å². The summed E-state index contributed by atoms with van der Waals surface area (Å²) in [5, 5.41) is 12.1. The molecule has 0 aliphatic carbocycles. The lowest BCUT2D eigenvalue weighted by atomic mass is 9.96. The summed E-state index contributed by atoms with van der Waals surface area (Å²) in [6.07, 6.45) is 1.63. The molecule has 3 nitrogen and oxygen atoms in total. The van der Waals surface area contributed by atoms with Crippen LogP contribution in [0.15, 0.2) is 5.38 Å². The van der Waals surface area contributed by atoms with Gasteiger partial charge in [0.1, 0.15) is 0 Å². The number of hydrogen-bond donors (Lipinski definition) is 2. The number of nitrogens with two attached hydrogens (primary N) is 1. The Kier molecular flexibility index (Phi) is 4.51. The molecule has 3 N–H and O–H groups in total. The summed E-state index contributed by atoms with van der Waals surface area (Å²) in [5.41, 5.74) is 7.04. The third-order valence-corrected chi connectivity index (χ3v) is 3.48. The molecule has 14 heavy (non-hydrogen) atoms. The lowest BCUT2D eigenvalue weighted by Crippen LogP contribution is -2.28. The van der Waals surface area contributed by atoms with Crippen molar-refractivity contribution in [1.29, 1.82) is 0 Å². The molecule has 1 aromatic rings. The van der Waals surface area contributed by atoms with Gasteiger partial charge in [0.15, 0.2) is 0 Å². The average Bonchev–Trinajstić information content (AvgIpc) is 2.60. The van der Waals surface area contributed by atoms with Gasteiger partial charge in [0.05, 0.1) is 5.01 Å². The number of hydrogen-bond acceptors (Lipinski definition) is 4. The topological polar surface area (TPSA) is 59.1 Å². The first-order valence-corrected chi connectivity index (χ1v) is 5.85. The van der Waals surface area contributed by atoms with E-state index in [1.807, 2.05) is 12.3 Å². The Morgan fingerprint density at radius 1 is 1.64 bits per heavy atom. The van der Waals surface area contributed by atoms with Crippen molar-refractivity contribution in [2.45, 2.75) is 38.6 Å². The third-order valence-electron chi connectivity index (χ3n) is 2.38. The van der Waals surface area contributed by atoms with Crippen LogP contribution in [0.25, 0.3) is 0 Å². The predicted molar refractivity (Wildman–Crippen MR) is 59.6 cm³/mol. The Morgan fingerprint density at radius 2 is 2.36 bits per heavy atom. The van der Waals surface area contributed by atoms with Crippen molar-refractivity contribution in [1.82, 2.24) is 4.98 Å². The first-order valence-electron chi connectivity index (χ1n) is 4.97. The van der Waals surface area contributed by atoms with Crippen LogP contribution in [-0.2, 0) is 0 Å². The molecule has 0 fully saturated rings. The van der Waals surface area contributed by atoms with Crippen molar-refractivity contribution in [2.75, 3.05) is 6.61 Å². The minimum Gasteiger partial charge on any atom is -0.396 e. The fourth-order valence-corrected chi connectivity index (χ4v) is 2.49. The van der Waals surface area contributed by atoms with Crippen LogP contribution in [-0.4, -0.2) is 22.7 Å². The molecule has 1 rings (SSSR count). The van der Waals surface area contributed by atoms with Crippen LogP contribution in [0.2, 0.25) is 0 Å². The van der Waals surface area contributed by atoms with Gasteiger partial charge in [-0.2, -0.15) is 0 Å². The first-order chi connectivity index (χ1) is 6.69. The molecule has 80 valence electrons. The maximum Gasteiger partial charge on any atom is 0.0975 e. The van der Waals surface area contributed by atoms with Crippen LogP contribution >= 0.6 is 11.3 Å². The quantitative estimate of drug-likeness (QED) is 0.783. The van der Waals surface area contributed by atoms with Gasteiger partial charge in [0.2, 0.25) is 0 Å². The summed E-state index contributed by atoms with van der Waals surface area (Å²) in [5.74, 6) is 0.212. The third kappa shape index (κ3) is 2.77.